The van der Waals surface area contributed by atoms with E-state index in [0.717, 1.165) is 54.4 Å². The van der Waals surface area contributed by atoms with Gasteiger partial charge < -0.3 is 9.72 Å². The van der Waals surface area contributed by atoms with E-state index < -0.39 is 0 Å². The number of nitrogens with zero attached hydrogens (tertiary/aromatic N) is 3. The molecule has 4 aromatic rings. The second-order valence-corrected chi connectivity index (χ2v) is 7.22. The van der Waals surface area contributed by atoms with Crippen molar-refractivity contribution in [2.45, 2.75) is 19.5 Å². The minimum Gasteiger partial charge on any atom is -0.497 e. The highest BCUT2D eigenvalue weighted by molar-refractivity contribution is 5.84. The molecule has 0 bridgehead atoms. The third-order valence-electron chi connectivity index (χ3n) is 5.43. The molecule has 2 aromatic heterocycles. The zero-order chi connectivity index (χ0) is 18.9. The first-order chi connectivity index (χ1) is 13.8. The van der Waals surface area contributed by atoms with Crippen LogP contribution in [0, 0.1) is 0 Å². The predicted octanol–water partition coefficient (Wildman–Crippen LogP) is 4.19. The standard InChI is InChI=1S/C23H22N4O/c1-28-19-7-8-21-20(11-19)18(13-24-21)14-27-10-9-17-12-25-23(26-22(17)15-27)16-5-3-2-4-6-16/h2-8,11-13,24H,9-10,14-15H2,1H3. The Labute approximate surface area is 164 Å². The van der Waals surface area contributed by atoms with Gasteiger partial charge in [-0.15, -0.1) is 0 Å². The smallest absolute Gasteiger partial charge is 0.159 e. The quantitative estimate of drug-likeness (QED) is 0.585. The SMILES string of the molecule is COc1ccc2[nH]cc(CN3CCc4cnc(-c5ccccc5)nc4C3)c2c1. The zero-order valence-electron chi connectivity index (χ0n) is 15.9. The molecule has 0 unspecified atom stereocenters. The summed E-state index contributed by atoms with van der Waals surface area (Å²) in [6, 6.07) is 16.3. The fourth-order valence-electron chi connectivity index (χ4n) is 3.87. The average Bonchev–Trinajstić information content (AvgIpc) is 3.15. The third kappa shape index (κ3) is 3.14. The maximum atomic E-state index is 5.39. The van der Waals surface area contributed by atoms with Gasteiger partial charge in [-0.1, -0.05) is 30.3 Å². The van der Waals surface area contributed by atoms with E-state index in [2.05, 4.69) is 45.3 Å². The van der Waals surface area contributed by atoms with E-state index in [4.69, 9.17) is 9.72 Å². The van der Waals surface area contributed by atoms with Gasteiger partial charge in [0.25, 0.3) is 0 Å². The molecule has 1 aliphatic rings. The van der Waals surface area contributed by atoms with Crippen molar-refractivity contribution in [1.29, 1.82) is 0 Å². The summed E-state index contributed by atoms with van der Waals surface area (Å²) >= 11 is 0. The Bertz CT molecular complexity index is 1120. The van der Waals surface area contributed by atoms with Crippen LogP contribution >= 0.6 is 0 Å². The molecule has 0 spiro atoms. The normalized spacial score (nSPS) is 14.2. The Morgan fingerprint density at radius 2 is 2.04 bits per heavy atom. The van der Waals surface area contributed by atoms with E-state index in [-0.39, 0.29) is 0 Å². The second-order valence-electron chi connectivity index (χ2n) is 7.22. The van der Waals surface area contributed by atoms with Crippen molar-refractivity contribution >= 4 is 10.9 Å². The van der Waals surface area contributed by atoms with Gasteiger partial charge in [0.1, 0.15) is 5.75 Å². The van der Waals surface area contributed by atoms with Crippen LogP contribution in [0.5, 0.6) is 5.75 Å². The van der Waals surface area contributed by atoms with Gasteiger partial charge in [-0.3, -0.25) is 4.90 Å². The molecule has 5 nitrogen and oxygen atoms in total. The summed E-state index contributed by atoms with van der Waals surface area (Å²) < 4.78 is 5.39. The molecule has 0 amide bonds. The molecule has 0 saturated heterocycles. The molecular weight excluding hydrogens is 348 g/mol. The van der Waals surface area contributed by atoms with Crippen LogP contribution in [0.25, 0.3) is 22.3 Å². The lowest BCUT2D eigenvalue weighted by atomic mass is 10.1. The Morgan fingerprint density at radius 1 is 1.14 bits per heavy atom. The van der Waals surface area contributed by atoms with Crippen molar-refractivity contribution in [3.05, 3.63) is 77.7 Å². The maximum absolute atomic E-state index is 5.39. The Balaban J connectivity index is 1.40. The summed E-state index contributed by atoms with van der Waals surface area (Å²) in [6.07, 6.45) is 5.09. The number of hydrogen-bond donors (Lipinski definition) is 1. The highest BCUT2D eigenvalue weighted by Gasteiger charge is 2.20. The molecule has 1 N–H and O–H groups in total. The fourth-order valence-corrected chi connectivity index (χ4v) is 3.87. The van der Waals surface area contributed by atoms with E-state index in [9.17, 15) is 0 Å². The molecular formula is C23H22N4O. The van der Waals surface area contributed by atoms with E-state index >= 15 is 0 Å². The first kappa shape index (κ1) is 17.0. The number of aromatic amines is 1. The molecule has 1 aliphatic heterocycles. The zero-order valence-corrected chi connectivity index (χ0v) is 15.9. The molecule has 2 aromatic carbocycles. The number of aromatic nitrogens is 3. The molecule has 28 heavy (non-hydrogen) atoms. The van der Waals surface area contributed by atoms with Gasteiger partial charge in [0, 0.05) is 48.5 Å². The number of rotatable bonds is 4. The molecule has 5 rings (SSSR count). The van der Waals surface area contributed by atoms with Crippen molar-refractivity contribution < 1.29 is 4.74 Å². The fraction of sp³-hybridized carbons (Fsp3) is 0.217. The minimum atomic E-state index is 0.804. The maximum Gasteiger partial charge on any atom is 0.159 e. The van der Waals surface area contributed by atoms with Gasteiger partial charge in [0.05, 0.1) is 12.8 Å². The van der Waals surface area contributed by atoms with E-state index in [1.165, 1.54) is 16.5 Å². The van der Waals surface area contributed by atoms with Gasteiger partial charge in [-0.25, -0.2) is 9.97 Å². The first-order valence-electron chi connectivity index (χ1n) is 9.57. The van der Waals surface area contributed by atoms with Crippen LogP contribution in [-0.2, 0) is 19.5 Å². The predicted molar refractivity (Wildman–Crippen MR) is 110 cm³/mol. The van der Waals surface area contributed by atoms with Crippen LogP contribution in [0.15, 0.2) is 60.9 Å². The van der Waals surface area contributed by atoms with Crippen LogP contribution in [0.1, 0.15) is 16.8 Å². The molecule has 140 valence electrons. The van der Waals surface area contributed by atoms with E-state index in [1.807, 2.05) is 30.5 Å². The number of H-pyrrole nitrogens is 1. The van der Waals surface area contributed by atoms with E-state index in [1.54, 1.807) is 7.11 Å². The Hall–Kier alpha value is -3.18. The summed E-state index contributed by atoms with van der Waals surface area (Å²) in [7, 11) is 1.71. The number of ether oxygens (including phenoxy) is 1. The highest BCUT2D eigenvalue weighted by atomic mass is 16.5. The summed E-state index contributed by atoms with van der Waals surface area (Å²) in [6.45, 7) is 2.74. The lowest BCUT2D eigenvalue weighted by molar-refractivity contribution is 0.242. The largest absolute Gasteiger partial charge is 0.497 e. The van der Waals surface area contributed by atoms with Gasteiger partial charge in [-0.05, 0) is 35.7 Å². The number of nitrogens with one attached hydrogen (secondary N) is 1. The van der Waals surface area contributed by atoms with Gasteiger partial charge in [0.2, 0.25) is 0 Å². The molecule has 0 atom stereocenters. The number of methoxy groups -OCH3 is 1. The van der Waals surface area contributed by atoms with Gasteiger partial charge >= 0.3 is 0 Å². The minimum absolute atomic E-state index is 0.804. The lowest BCUT2D eigenvalue weighted by Gasteiger charge is -2.27. The van der Waals surface area contributed by atoms with Crippen molar-refractivity contribution in [3.63, 3.8) is 0 Å². The number of benzene rings is 2. The Morgan fingerprint density at radius 3 is 2.89 bits per heavy atom. The Kier molecular flexibility index (Phi) is 4.29. The van der Waals surface area contributed by atoms with E-state index in [0.29, 0.717) is 0 Å². The molecule has 0 aliphatic carbocycles. The third-order valence-corrected chi connectivity index (χ3v) is 5.43. The van der Waals surface area contributed by atoms with Crippen molar-refractivity contribution in [3.8, 4) is 17.1 Å². The summed E-state index contributed by atoms with van der Waals surface area (Å²) in [4.78, 5) is 15.3. The molecule has 0 fully saturated rings. The van der Waals surface area contributed by atoms with Crippen LogP contribution in [0.2, 0.25) is 0 Å². The lowest BCUT2D eigenvalue weighted by Crippen LogP contribution is -2.31. The second kappa shape index (κ2) is 7.09. The topological polar surface area (TPSA) is 54.0 Å². The van der Waals surface area contributed by atoms with Crippen molar-refractivity contribution in [2.75, 3.05) is 13.7 Å². The highest BCUT2D eigenvalue weighted by Crippen LogP contribution is 2.27. The number of hydrogen-bond acceptors (Lipinski definition) is 4. The van der Waals surface area contributed by atoms with Crippen LogP contribution in [0.4, 0.5) is 0 Å². The molecule has 5 heteroatoms. The van der Waals surface area contributed by atoms with Crippen molar-refractivity contribution in [1.82, 2.24) is 19.9 Å². The summed E-state index contributed by atoms with van der Waals surface area (Å²) in [5, 5.41) is 1.22. The average molecular weight is 370 g/mol. The molecule has 0 saturated carbocycles. The monoisotopic (exact) mass is 370 g/mol. The molecule has 3 heterocycles. The number of fused-ring (bicyclic) bond motifs is 2. The van der Waals surface area contributed by atoms with Gasteiger partial charge in [0.15, 0.2) is 5.82 Å². The molecule has 0 radical (unpaired) electrons. The summed E-state index contributed by atoms with van der Waals surface area (Å²) in [5.74, 6) is 1.69. The summed E-state index contributed by atoms with van der Waals surface area (Å²) in [5.41, 5.74) is 5.89. The van der Waals surface area contributed by atoms with Crippen LogP contribution in [-0.4, -0.2) is 33.5 Å². The van der Waals surface area contributed by atoms with Gasteiger partial charge in [-0.2, -0.15) is 0 Å². The van der Waals surface area contributed by atoms with Crippen LogP contribution in [0.3, 0.4) is 0 Å². The van der Waals surface area contributed by atoms with Crippen molar-refractivity contribution in [2.24, 2.45) is 0 Å². The van der Waals surface area contributed by atoms with Crippen LogP contribution < -0.4 is 4.74 Å². The first-order valence-corrected chi connectivity index (χ1v) is 9.57.